The van der Waals surface area contributed by atoms with Gasteiger partial charge in [-0.25, -0.2) is 0 Å². The number of nitrogens with zero attached hydrogens (tertiary/aromatic N) is 2. The molecule has 3 aliphatic heterocycles. The van der Waals surface area contributed by atoms with E-state index in [9.17, 15) is 9.59 Å². The molecule has 0 saturated carbocycles. The Kier molecular flexibility index (Phi) is 6.94. The average Bonchev–Trinajstić information content (AvgIpc) is 3.47. The minimum absolute atomic E-state index is 0.0977. The number of rotatable bonds is 7. The summed E-state index contributed by atoms with van der Waals surface area (Å²) < 4.78 is 5.25. The third kappa shape index (κ3) is 4.74. The van der Waals surface area contributed by atoms with Crippen molar-refractivity contribution in [3.05, 3.63) is 65.7 Å². The summed E-state index contributed by atoms with van der Waals surface area (Å²) in [6.07, 6.45) is 2.59. The van der Waals surface area contributed by atoms with Crippen molar-refractivity contribution in [1.29, 1.82) is 0 Å². The van der Waals surface area contributed by atoms with Gasteiger partial charge in [-0.2, -0.15) is 0 Å². The van der Waals surface area contributed by atoms with Crippen LogP contribution in [0.25, 0.3) is 0 Å². The molecular weight excluding hydrogens is 438 g/mol. The van der Waals surface area contributed by atoms with Gasteiger partial charge < -0.3 is 15.0 Å². The number of nitrogens with one attached hydrogen (secondary N) is 1. The lowest BCUT2D eigenvalue weighted by Crippen LogP contribution is -2.53. The number of benzene rings is 2. The number of amides is 1. The number of carbonyl (C=O) groups excluding carboxylic acids is 2. The summed E-state index contributed by atoms with van der Waals surface area (Å²) in [5.41, 5.74) is 2.17. The third-order valence-electron chi connectivity index (χ3n) is 8.59. The second-order valence-electron chi connectivity index (χ2n) is 10.5. The number of hydrogen-bond acceptors (Lipinski definition) is 5. The molecule has 3 atom stereocenters. The van der Waals surface area contributed by atoms with Crippen LogP contribution in [0.3, 0.4) is 0 Å². The van der Waals surface area contributed by atoms with Gasteiger partial charge in [-0.1, -0.05) is 42.5 Å². The fourth-order valence-electron chi connectivity index (χ4n) is 6.61. The molecule has 0 bridgehead atoms. The number of ether oxygens (including phenoxy) is 1. The first kappa shape index (κ1) is 24.0. The Bertz CT molecular complexity index is 1030. The normalized spacial score (nSPS) is 25.2. The number of ketones is 1. The summed E-state index contributed by atoms with van der Waals surface area (Å²) in [5, 5.41) is 3.54. The van der Waals surface area contributed by atoms with E-state index in [1.54, 1.807) is 14.0 Å². The number of likely N-dealkylation sites (tertiary alicyclic amines) is 2. The molecule has 0 aromatic heterocycles. The lowest BCUT2D eigenvalue weighted by Gasteiger charge is -2.43. The molecule has 3 aliphatic rings. The van der Waals surface area contributed by atoms with Crippen molar-refractivity contribution in [2.75, 3.05) is 39.8 Å². The summed E-state index contributed by atoms with van der Waals surface area (Å²) in [7, 11) is 1.66. The molecule has 35 heavy (non-hydrogen) atoms. The van der Waals surface area contributed by atoms with Gasteiger partial charge in [0.25, 0.3) is 0 Å². The SMILES string of the molecule is COc1ccc(CN2CCC3(CCN(C(C(C)=O)[C@@H]4CNC[C@@H]4c4ccccc4)CC3)C2=O)cc1. The van der Waals surface area contributed by atoms with Crippen LogP contribution in [0.2, 0.25) is 0 Å². The molecule has 3 saturated heterocycles. The predicted molar refractivity (Wildman–Crippen MR) is 136 cm³/mol. The zero-order valence-electron chi connectivity index (χ0n) is 20.9. The van der Waals surface area contributed by atoms with Crippen LogP contribution in [0.15, 0.2) is 54.6 Å². The second kappa shape index (κ2) is 10.1. The maximum absolute atomic E-state index is 13.5. The van der Waals surface area contributed by atoms with Crippen molar-refractivity contribution >= 4 is 11.7 Å². The van der Waals surface area contributed by atoms with Crippen molar-refractivity contribution in [2.45, 2.75) is 44.7 Å². The molecule has 2 aromatic rings. The summed E-state index contributed by atoms with van der Waals surface area (Å²) >= 11 is 0. The van der Waals surface area contributed by atoms with Crippen LogP contribution in [0.4, 0.5) is 0 Å². The van der Waals surface area contributed by atoms with Crippen LogP contribution in [-0.2, 0) is 16.1 Å². The topological polar surface area (TPSA) is 61.9 Å². The highest BCUT2D eigenvalue weighted by Crippen LogP contribution is 2.44. The van der Waals surface area contributed by atoms with Gasteiger partial charge >= 0.3 is 0 Å². The molecule has 1 unspecified atom stereocenters. The van der Waals surface area contributed by atoms with E-state index in [1.165, 1.54) is 5.56 Å². The Labute approximate surface area is 208 Å². The number of piperidine rings is 1. The van der Waals surface area contributed by atoms with Gasteiger partial charge in [0.1, 0.15) is 11.5 Å². The first-order valence-corrected chi connectivity index (χ1v) is 12.9. The van der Waals surface area contributed by atoms with Crippen molar-refractivity contribution in [1.82, 2.24) is 15.1 Å². The molecule has 1 N–H and O–H groups in total. The van der Waals surface area contributed by atoms with Gasteiger partial charge in [-0.15, -0.1) is 0 Å². The highest BCUT2D eigenvalue weighted by atomic mass is 16.5. The fourth-order valence-corrected chi connectivity index (χ4v) is 6.61. The van der Waals surface area contributed by atoms with Crippen molar-refractivity contribution in [2.24, 2.45) is 11.3 Å². The maximum Gasteiger partial charge on any atom is 0.229 e. The van der Waals surface area contributed by atoms with Gasteiger partial charge in [0.05, 0.1) is 18.6 Å². The lowest BCUT2D eigenvalue weighted by atomic mass is 9.75. The van der Waals surface area contributed by atoms with E-state index in [1.807, 2.05) is 35.2 Å². The van der Waals surface area contributed by atoms with Crippen LogP contribution in [0, 0.1) is 11.3 Å². The molecule has 6 nitrogen and oxygen atoms in total. The van der Waals surface area contributed by atoms with Crippen molar-refractivity contribution in [3.8, 4) is 5.75 Å². The second-order valence-corrected chi connectivity index (χ2v) is 10.5. The molecule has 1 spiro atoms. The van der Waals surface area contributed by atoms with Crippen molar-refractivity contribution in [3.63, 3.8) is 0 Å². The predicted octanol–water partition coefficient (Wildman–Crippen LogP) is 3.47. The molecule has 0 radical (unpaired) electrons. The molecule has 3 heterocycles. The first-order chi connectivity index (χ1) is 17.0. The number of methoxy groups -OCH3 is 1. The molecular formula is C29H37N3O3. The molecule has 0 aliphatic carbocycles. The van der Waals surface area contributed by atoms with E-state index < -0.39 is 0 Å². The zero-order chi connectivity index (χ0) is 24.4. The van der Waals surface area contributed by atoms with Crippen LogP contribution < -0.4 is 10.1 Å². The van der Waals surface area contributed by atoms with E-state index >= 15 is 0 Å². The Morgan fingerprint density at radius 3 is 2.37 bits per heavy atom. The smallest absolute Gasteiger partial charge is 0.229 e. The fraction of sp³-hybridized carbons (Fsp3) is 0.517. The molecule has 2 aromatic carbocycles. The van der Waals surface area contributed by atoms with E-state index in [-0.39, 0.29) is 29.1 Å². The number of carbonyl (C=O) groups is 2. The summed E-state index contributed by atoms with van der Waals surface area (Å²) in [4.78, 5) is 30.8. The Morgan fingerprint density at radius 2 is 1.71 bits per heavy atom. The third-order valence-corrected chi connectivity index (χ3v) is 8.59. The van der Waals surface area contributed by atoms with E-state index in [0.717, 1.165) is 63.3 Å². The van der Waals surface area contributed by atoms with Crippen LogP contribution in [0.1, 0.15) is 43.2 Å². The molecule has 186 valence electrons. The van der Waals surface area contributed by atoms with Gasteiger partial charge in [0.2, 0.25) is 5.91 Å². The summed E-state index contributed by atoms with van der Waals surface area (Å²) in [5.74, 6) is 1.97. The van der Waals surface area contributed by atoms with E-state index in [0.29, 0.717) is 12.5 Å². The molecule has 5 rings (SSSR count). The zero-order valence-corrected chi connectivity index (χ0v) is 20.9. The molecule has 6 heteroatoms. The minimum Gasteiger partial charge on any atom is -0.497 e. The van der Waals surface area contributed by atoms with Gasteiger partial charge in [-0.3, -0.25) is 14.5 Å². The highest BCUT2D eigenvalue weighted by Gasteiger charge is 2.50. The molecule has 1 amide bonds. The maximum atomic E-state index is 13.5. The molecule has 3 fully saturated rings. The monoisotopic (exact) mass is 475 g/mol. The first-order valence-electron chi connectivity index (χ1n) is 12.9. The highest BCUT2D eigenvalue weighted by molar-refractivity contribution is 5.85. The van der Waals surface area contributed by atoms with E-state index in [4.69, 9.17) is 4.74 Å². The summed E-state index contributed by atoms with van der Waals surface area (Å²) in [6.45, 7) is 6.59. The Morgan fingerprint density at radius 1 is 1.03 bits per heavy atom. The Balaban J connectivity index is 1.24. The van der Waals surface area contributed by atoms with Crippen LogP contribution in [0.5, 0.6) is 5.75 Å². The Hall–Kier alpha value is -2.70. The summed E-state index contributed by atoms with van der Waals surface area (Å²) in [6, 6.07) is 18.5. The van der Waals surface area contributed by atoms with E-state index in [2.05, 4.69) is 34.5 Å². The van der Waals surface area contributed by atoms with Gasteiger partial charge in [-0.05, 0) is 62.5 Å². The van der Waals surface area contributed by atoms with Gasteiger partial charge in [0, 0.05) is 38.0 Å². The van der Waals surface area contributed by atoms with Crippen LogP contribution >= 0.6 is 0 Å². The van der Waals surface area contributed by atoms with Crippen molar-refractivity contribution < 1.29 is 14.3 Å². The number of Topliss-reactive ketones (excluding diaryl/α,β-unsaturated/α-hetero) is 1. The lowest BCUT2D eigenvalue weighted by molar-refractivity contribution is -0.139. The van der Waals surface area contributed by atoms with Gasteiger partial charge in [0.15, 0.2) is 0 Å². The minimum atomic E-state index is -0.267. The standard InChI is InChI=1S/C29H37N3O3/c1-21(33)27(26-19-30-18-25(26)23-6-4-3-5-7-23)31-15-12-29(13-16-31)14-17-32(28(29)34)20-22-8-10-24(35-2)11-9-22/h3-11,25-27,30H,12-20H2,1-2H3/t25-,26-,27?/m1/s1. The average molecular weight is 476 g/mol. The number of hydrogen-bond donors (Lipinski definition) is 1. The van der Waals surface area contributed by atoms with Crippen LogP contribution in [-0.4, -0.2) is 67.4 Å². The quantitative estimate of drug-likeness (QED) is 0.665. The largest absolute Gasteiger partial charge is 0.497 e.